The summed E-state index contributed by atoms with van der Waals surface area (Å²) in [6.07, 6.45) is 0. The average molecular weight is 297 g/mol. The van der Waals surface area contributed by atoms with Gasteiger partial charge in [-0.3, -0.25) is 4.79 Å². The highest BCUT2D eigenvalue weighted by Gasteiger charge is 2.08. The first kappa shape index (κ1) is 16.0. The molecule has 4 nitrogen and oxygen atoms in total. The maximum Gasteiger partial charge on any atom is 0.251 e. The highest BCUT2D eigenvalue weighted by atomic mass is 16.1. The highest BCUT2D eigenvalue weighted by Crippen LogP contribution is 2.18. The zero-order valence-electron chi connectivity index (χ0n) is 13.0. The van der Waals surface area contributed by atoms with Crippen LogP contribution in [0.1, 0.15) is 22.8 Å². The first-order valence-electron chi connectivity index (χ1n) is 7.61. The second-order valence-electron chi connectivity index (χ2n) is 5.09. The van der Waals surface area contributed by atoms with Crippen LogP contribution in [0.5, 0.6) is 0 Å². The molecule has 2 aromatic rings. The van der Waals surface area contributed by atoms with Crippen molar-refractivity contribution in [3.8, 4) is 0 Å². The topological polar surface area (TPSA) is 58.4 Å². The number of carbonyl (C=O) groups excluding carboxylic acids is 1. The zero-order valence-corrected chi connectivity index (χ0v) is 13.0. The van der Waals surface area contributed by atoms with Gasteiger partial charge in [-0.25, -0.2) is 0 Å². The number of rotatable bonds is 7. The third kappa shape index (κ3) is 4.33. The van der Waals surface area contributed by atoms with Crippen molar-refractivity contribution in [2.75, 3.05) is 24.5 Å². The Morgan fingerprint density at radius 3 is 2.36 bits per heavy atom. The quantitative estimate of drug-likeness (QED) is 0.825. The molecular weight excluding hydrogens is 274 g/mol. The summed E-state index contributed by atoms with van der Waals surface area (Å²) in [5, 5.41) is 2.77. The molecule has 0 aliphatic carbocycles. The van der Waals surface area contributed by atoms with Gasteiger partial charge in [-0.2, -0.15) is 0 Å². The van der Waals surface area contributed by atoms with E-state index in [1.165, 1.54) is 5.56 Å². The van der Waals surface area contributed by atoms with Gasteiger partial charge in [0.25, 0.3) is 5.91 Å². The highest BCUT2D eigenvalue weighted by molar-refractivity contribution is 5.94. The van der Waals surface area contributed by atoms with E-state index in [0.29, 0.717) is 18.7 Å². The molecule has 0 fully saturated rings. The Kier molecular flexibility index (Phi) is 5.98. The Balaban J connectivity index is 2.05. The molecule has 0 heterocycles. The summed E-state index contributed by atoms with van der Waals surface area (Å²) < 4.78 is 0. The van der Waals surface area contributed by atoms with Crippen molar-refractivity contribution in [3.63, 3.8) is 0 Å². The summed E-state index contributed by atoms with van der Waals surface area (Å²) >= 11 is 0. The van der Waals surface area contributed by atoms with Gasteiger partial charge in [-0.15, -0.1) is 0 Å². The normalized spacial score (nSPS) is 10.3. The van der Waals surface area contributed by atoms with E-state index in [9.17, 15) is 4.79 Å². The molecule has 0 radical (unpaired) electrons. The molecule has 0 aliphatic heterocycles. The predicted octanol–water partition coefficient (Wildman–Crippen LogP) is 2.40. The number of nitrogens with one attached hydrogen (secondary N) is 1. The van der Waals surface area contributed by atoms with Gasteiger partial charge in [0.05, 0.1) is 0 Å². The summed E-state index contributed by atoms with van der Waals surface area (Å²) in [5.74, 6) is -0.0805. The van der Waals surface area contributed by atoms with E-state index >= 15 is 0 Å². The molecule has 0 spiro atoms. The van der Waals surface area contributed by atoms with Crippen molar-refractivity contribution in [1.82, 2.24) is 5.32 Å². The van der Waals surface area contributed by atoms with Gasteiger partial charge in [-0.1, -0.05) is 30.3 Å². The van der Waals surface area contributed by atoms with Gasteiger partial charge in [0.15, 0.2) is 0 Å². The van der Waals surface area contributed by atoms with Crippen LogP contribution >= 0.6 is 0 Å². The molecule has 0 saturated heterocycles. The van der Waals surface area contributed by atoms with Crippen molar-refractivity contribution in [1.29, 1.82) is 0 Å². The predicted molar refractivity (Wildman–Crippen MR) is 91.0 cm³/mol. The number of amides is 1. The van der Waals surface area contributed by atoms with Crippen LogP contribution in [-0.4, -0.2) is 25.5 Å². The summed E-state index contributed by atoms with van der Waals surface area (Å²) in [4.78, 5) is 14.1. The smallest absolute Gasteiger partial charge is 0.251 e. The van der Waals surface area contributed by atoms with Gasteiger partial charge in [0.2, 0.25) is 0 Å². The molecule has 0 aliphatic rings. The van der Waals surface area contributed by atoms with Crippen molar-refractivity contribution in [3.05, 3.63) is 65.7 Å². The average Bonchev–Trinajstić information content (AvgIpc) is 2.58. The van der Waals surface area contributed by atoms with Crippen LogP contribution < -0.4 is 16.0 Å². The number of anilines is 1. The van der Waals surface area contributed by atoms with E-state index in [0.717, 1.165) is 18.8 Å². The van der Waals surface area contributed by atoms with Crippen LogP contribution in [0.25, 0.3) is 0 Å². The van der Waals surface area contributed by atoms with Gasteiger partial charge in [-0.05, 0) is 36.8 Å². The lowest BCUT2D eigenvalue weighted by atomic mass is 10.1. The lowest BCUT2D eigenvalue weighted by Crippen LogP contribution is -2.29. The number of benzene rings is 2. The van der Waals surface area contributed by atoms with Crippen molar-refractivity contribution in [2.24, 2.45) is 5.73 Å². The minimum Gasteiger partial charge on any atom is -0.367 e. The van der Waals surface area contributed by atoms with E-state index in [-0.39, 0.29) is 5.91 Å². The molecule has 0 bridgehead atoms. The maximum atomic E-state index is 11.9. The lowest BCUT2D eigenvalue weighted by molar-refractivity contribution is 0.0955. The molecule has 0 atom stereocenters. The number of hydrogen-bond acceptors (Lipinski definition) is 3. The van der Waals surface area contributed by atoms with Crippen LogP contribution in [0.4, 0.5) is 5.69 Å². The minimum atomic E-state index is -0.0805. The molecule has 2 rings (SSSR count). The zero-order chi connectivity index (χ0) is 15.8. The summed E-state index contributed by atoms with van der Waals surface area (Å²) in [6.45, 7) is 4.84. The Hall–Kier alpha value is -2.33. The Bertz CT molecular complexity index is 581. The first-order chi connectivity index (χ1) is 10.7. The number of hydrogen-bond donors (Lipinski definition) is 2. The van der Waals surface area contributed by atoms with Crippen molar-refractivity contribution >= 4 is 11.6 Å². The van der Waals surface area contributed by atoms with Crippen molar-refractivity contribution < 1.29 is 4.79 Å². The van der Waals surface area contributed by atoms with E-state index in [2.05, 4.69) is 29.3 Å². The minimum absolute atomic E-state index is 0.0805. The fourth-order valence-corrected chi connectivity index (χ4v) is 2.30. The molecule has 3 N–H and O–H groups in total. The second-order valence-corrected chi connectivity index (χ2v) is 5.09. The Morgan fingerprint density at radius 1 is 1.09 bits per heavy atom. The molecule has 4 heteroatoms. The van der Waals surface area contributed by atoms with Gasteiger partial charge >= 0.3 is 0 Å². The number of nitrogens with zero attached hydrogens (tertiary/aromatic N) is 1. The largest absolute Gasteiger partial charge is 0.367 e. The maximum absolute atomic E-state index is 11.9. The SMILES string of the molecule is CCN(Cc1ccccc1)c1ccc(C(=O)NCCN)cc1. The summed E-state index contributed by atoms with van der Waals surface area (Å²) in [5.41, 5.74) is 8.43. The molecule has 116 valence electrons. The van der Waals surface area contributed by atoms with Crippen LogP contribution in [0.2, 0.25) is 0 Å². The fourth-order valence-electron chi connectivity index (χ4n) is 2.30. The molecule has 22 heavy (non-hydrogen) atoms. The number of carbonyl (C=O) groups is 1. The molecule has 1 amide bonds. The van der Waals surface area contributed by atoms with Gasteiger partial charge < -0.3 is 16.0 Å². The summed E-state index contributed by atoms with van der Waals surface area (Å²) in [7, 11) is 0. The van der Waals surface area contributed by atoms with E-state index < -0.39 is 0 Å². The monoisotopic (exact) mass is 297 g/mol. The van der Waals surface area contributed by atoms with Crippen LogP contribution in [0, 0.1) is 0 Å². The fraction of sp³-hybridized carbons (Fsp3) is 0.278. The number of nitrogens with two attached hydrogens (primary N) is 1. The molecule has 0 unspecified atom stereocenters. The van der Waals surface area contributed by atoms with E-state index in [1.807, 2.05) is 42.5 Å². The molecular formula is C18H23N3O. The van der Waals surface area contributed by atoms with Crippen LogP contribution in [0.3, 0.4) is 0 Å². The van der Waals surface area contributed by atoms with Gasteiger partial charge in [0, 0.05) is 37.4 Å². The van der Waals surface area contributed by atoms with Crippen LogP contribution in [0.15, 0.2) is 54.6 Å². The third-order valence-corrected chi connectivity index (χ3v) is 3.52. The molecule has 0 saturated carbocycles. The van der Waals surface area contributed by atoms with E-state index in [4.69, 9.17) is 5.73 Å². The molecule has 0 aromatic heterocycles. The first-order valence-corrected chi connectivity index (χ1v) is 7.61. The Morgan fingerprint density at radius 2 is 1.77 bits per heavy atom. The molecule has 2 aromatic carbocycles. The van der Waals surface area contributed by atoms with Crippen molar-refractivity contribution in [2.45, 2.75) is 13.5 Å². The summed E-state index contributed by atoms with van der Waals surface area (Å²) in [6, 6.07) is 18.1. The Labute approximate surface area is 131 Å². The van der Waals surface area contributed by atoms with Crippen LogP contribution in [-0.2, 0) is 6.54 Å². The standard InChI is InChI=1S/C18H23N3O/c1-2-21(14-15-6-4-3-5-7-15)17-10-8-16(9-11-17)18(22)20-13-12-19/h3-11H,2,12-14,19H2,1H3,(H,20,22). The van der Waals surface area contributed by atoms with E-state index in [1.54, 1.807) is 0 Å². The third-order valence-electron chi connectivity index (χ3n) is 3.52. The lowest BCUT2D eigenvalue weighted by Gasteiger charge is -2.23. The van der Waals surface area contributed by atoms with Gasteiger partial charge in [0.1, 0.15) is 0 Å². The second kappa shape index (κ2) is 8.20.